The molecule has 1 N–H and O–H groups in total. The minimum absolute atomic E-state index is 0.0550. The van der Waals surface area contributed by atoms with Gasteiger partial charge >= 0.3 is 6.18 Å². The summed E-state index contributed by atoms with van der Waals surface area (Å²) in [5.41, 5.74) is 0. The summed E-state index contributed by atoms with van der Waals surface area (Å²) in [7, 11) is 0. The maximum absolute atomic E-state index is 12.5. The molecule has 16 heavy (non-hydrogen) atoms. The molecule has 0 radical (unpaired) electrons. The molecule has 2 nitrogen and oxygen atoms in total. The second kappa shape index (κ2) is 4.53. The molecule has 0 spiro atoms. The van der Waals surface area contributed by atoms with Crippen LogP contribution in [0.3, 0.4) is 0 Å². The molecule has 0 bridgehead atoms. The van der Waals surface area contributed by atoms with E-state index in [1.54, 1.807) is 0 Å². The molecule has 2 atom stereocenters. The van der Waals surface area contributed by atoms with E-state index in [4.69, 9.17) is 0 Å². The topological polar surface area (TPSA) is 23.5 Å². The molecule has 0 saturated heterocycles. The van der Waals surface area contributed by atoms with Gasteiger partial charge in [0, 0.05) is 12.1 Å². The van der Waals surface area contributed by atoms with E-state index in [1.165, 1.54) is 4.90 Å². The minimum atomic E-state index is -4.15. The van der Waals surface area contributed by atoms with E-state index in [9.17, 15) is 18.3 Å². The maximum Gasteiger partial charge on any atom is 0.401 e. The minimum Gasteiger partial charge on any atom is -0.391 e. The third-order valence-electron chi connectivity index (χ3n) is 3.50. The zero-order valence-corrected chi connectivity index (χ0v) is 9.21. The molecule has 0 aromatic carbocycles. The third-order valence-corrected chi connectivity index (χ3v) is 3.50. The Balaban J connectivity index is 2.00. The van der Waals surface area contributed by atoms with Crippen molar-refractivity contribution in [1.29, 1.82) is 0 Å². The van der Waals surface area contributed by atoms with E-state index in [1.807, 2.05) is 0 Å². The largest absolute Gasteiger partial charge is 0.401 e. The fraction of sp³-hybridized carbons (Fsp3) is 1.00. The molecule has 0 heterocycles. The number of alkyl halides is 3. The van der Waals surface area contributed by atoms with Gasteiger partial charge in [0.25, 0.3) is 0 Å². The van der Waals surface area contributed by atoms with Crippen LogP contribution in [-0.2, 0) is 0 Å². The van der Waals surface area contributed by atoms with Crippen molar-refractivity contribution in [2.45, 2.75) is 62.9 Å². The molecule has 0 aromatic heterocycles. The second-order valence-electron chi connectivity index (χ2n) is 4.94. The molecule has 2 saturated carbocycles. The van der Waals surface area contributed by atoms with E-state index in [2.05, 4.69) is 0 Å². The molecule has 0 aromatic rings. The van der Waals surface area contributed by atoms with Gasteiger partial charge in [-0.25, -0.2) is 0 Å². The smallest absolute Gasteiger partial charge is 0.391 e. The van der Waals surface area contributed by atoms with Crippen molar-refractivity contribution in [2.24, 2.45) is 0 Å². The summed E-state index contributed by atoms with van der Waals surface area (Å²) in [4.78, 5) is 1.49. The highest BCUT2D eigenvalue weighted by Gasteiger charge is 2.43. The van der Waals surface area contributed by atoms with E-state index in [0.29, 0.717) is 12.8 Å². The third kappa shape index (κ3) is 3.10. The number of nitrogens with zero attached hydrogens (tertiary/aromatic N) is 1. The highest BCUT2D eigenvalue weighted by molar-refractivity contribution is 4.93. The van der Waals surface area contributed by atoms with Crippen molar-refractivity contribution < 1.29 is 18.3 Å². The first-order valence-corrected chi connectivity index (χ1v) is 5.98. The molecule has 0 aliphatic heterocycles. The Hall–Kier alpha value is -0.290. The van der Waals surface area contributed by atoms with Crippen LogP contribution in [0.25, 0.3) is 0 Å². The normalized spacial score (nSPS) is 32.1. The molecular weight excluding hydrogens is 219 g/mol. The van der Waals surface area contributed by atoms with Crippen LogP contribution in [0, 0.1) is 0 Å². The summed E-state index contributed by atoms with van der Waals surface area (Å²) in [6.45, 7) is -0.862. The van der Waals surface area contributed by atoms with Crippen molar-refractivity contribution in [3.05, 3.63) is 0 Å². The maximum atomic E-state index is 12.5. The zero-order valence-electron chi connectivity index (χ0n) is 9.21. The van der Waals surface area contributed by atoms with Crippen LogP contribution in [0.5, 0.6) is 0 Å². The van der Waals surface area contributed by atoms with E-state index >= 15 is 0 Å². The lowest BCUT2D eigenvalue weighted by molar-refractivity contribution is -0.159. The fourth-order valence-corrected chi connectivity index (χ4v) is 2.61. The standard InChI is InChI=1S/C11H18F3NO/c12-11(13,14)7-15(8-5-6-8)9-3-1-2-4-10(9)16/h8-10,16H,1-7H2/t9-,10-/m0/s1. The van der Waals surface area contributed by atoms with Crippen LogP contribution in [-0.4, -0.2) is 40.9 Å². The monoisotopic (exact) mass is 237 g/mol. The zero-order chi connectivity index (χ0) is 11.8. The molecule has 0 amide bonds. The first-order valence-electron chi connectivity index (χ1n) is 5.98. The number of halogens is 3. The van der Waals surface area contributed by atoms with Gasteiger partial charge in [-0.2, -0.15) is 13.2 Å². The van der Waals surface area contributed by atoms with Crippen LogP contribution < -0.4 is 0 Å². The lowest BCUT2D eigenvalue weighted by atomic mass is 9.91. The van der Waals surface area contributed by atoms with Crippen molar-refractivity contribution in [2.75, 3.05) is 6.54 Å². The van der Waals surface area contributed by atoms with Crippen LogP contribution >= 0.6 is 0 Å². The lowest BCUT2D eigenvalue weighted by Gasteiger charge is -2.38. The van der Waals surface area contributed by atoms with Gasteiger partial charge in [-0.1, -0.05) is 12.8 Å². The number of aliphatic hydroxyl groups excluding tert-OH is 1. The van der Waals surface area contributed by atoms with Crippen LogP contribution in [0.15, 0.2) is 0 Å². The molecule has 2 aliphatic rings. The van der Waals surface area contributed by atoms with Crippen molar-refractivity contribution in [3.63, 3.8) is 0 Å². The van der Waals surface area contributed by atoms with Crippen molar-refractivity contribution in [3.8, 4) is 0 Å². The number of aliphatic hydroxyl groups is 1. The summed E-state index contributed by atoms with van der Waals surface area (Å²) in [6, 6.07) is -0.220. The Morgan fingerprint density at radius 3 is 2.19 bits per heavy atom. The Morgan fingerprint density at radius 2 is 1.69 bits per heavy atom. The van der Waals surface area contributed by atoms with Crippen molar-refractivity contribution in [1.82, 2.24) is 4.90 Å². The van der Waals surface area contributed by atoms with Gasteiger partial charge in [-0.15, -0.1) is 0 Å². The summed E-state index contributed by atoms with van der Waals surface area (Å²) in [5.74, 6) is 0. The van der Waals surface area contributed by atoms with E-state index in [0.717, 1.165) is 25.7 Å². The Bertz CT molecular complexity index is 240. The SMILES string of the molecule is O[C@H]1CCCC[C@@H]1N(CC(F)(F)F)C1CC1. The predicted molar refractivity (Wildman–Crippen MR) is 54.0 cm³/mol. The van der Waals surface area contributed by atoms with Crippen LogP contribution in [0.2, 0.25) is 0 Å². The summed E-state index contributed by atoms with van der Waals surface area (Å²) in [6.07, 6.45) is 0.180. The molecule has 5 heteroatoms. The molecule has 0 unspecified atom stereocenters. The van der Waals surface area contributed by atoms with Crippen LogP contribution in [0.4, 0.5) is 13.2 Å². The Kier molecular flexibility index (Phi) is 3.45. The van der Waals surface area contributed by atoms with Gasteiger partial charge in [0.05, 0.1) is 12.6 Å². The van der Waals surface area contributed by atoms with Crippen molar-refractivity contribution >= 4 is 0 Å². The fourth-order valence-electron chi connectivity index (χ4n) is 2.61. The lowest BCUT2D eigenvalue weighted by Crippen LogP contribution is -2.50. The molecular formula is C11H18F3NO. The summed E-state index contributed by atoms with van der Waals surface area (Å²) < 4.78 is 37.4. The first kappa shape index (κ1) is 12.2. The van der Waals surface area contributed by atoms with Gasteiger partial charge in [-0.3, -0.25) is 4.90 Å². The Morgan fingerprint density at radius 1 is 1.06 bits per heavy atom. The molecule has 2 rings (SSSR count). The number of rotatable bonds is 3. The highest BCUT2D eigenvalue weighted by atomic mass is 19.4. The van der Waals surface area contributed by atoms with Gasteiger partial charge in [0.1, 0.15) is 0 Å². The van der Waals surface area contributed by atoms with E-state index < -0.39 is 18.8 Å². The average molecular weight is 237 g/mol. The van der Waals surface area contributed by atoms with Gasteiger partial charge < -0.3 is 5.11 Å². The van der Waals surface area contributed by atoms with Gasteiger partial charge in [0.15, 0.2) is 0 Å². The molecule has 2 fully saturated rings. The Labute approximate surface area is 93.4 Å². The van der Waals surface area contributed by atoms with E-state index in [-0.39, 0.29) is 12.1 Å². The van der Waals surface area contributed by atoms with Gasteiger partial charge in [-0.05, 0) is 25.7 Å². The molecule has 94 valence electrons. The number of hydrogen-bond acceptors (Lipinski definition) is 2. The molecule has 2 aliphatic carbocycles. The highest BCUT2D eigenvalue weighted by Crippen LogP contribution is 2.36. The summed E-state index contributed by atoms with van der Waals surface area (Å²) in [5, 5.41) is 9.80. The second-order valence-corrected chi connectivity index (χ2v) is 4.94. The first-order chi connectivity index (χ1) is 7.47. The average Bonchev–Trinajstić information content (AvgIpc) is 2.97. The predicted octanol–water partition coefficient (Wildman–Crippen LogP) is 2.32. The number of hydrogen-bond donors (Lipinski definition) is 1. The van der Waals surface area contributed by atoms with Crippen LogP contribution in [0.1, 0.15) is 38.5 Å². The van der Waals surface area contributed by atoms with Gasteiger partial charge in [0.2, 0.25) is 0 Å². The summed E-state index contributed by atoms with van der Waals surface area (Å²) >= 11 is 0. The quantitative estimate of drug-likeness (QED) is 0.814.